The Balaban J connectivity index is 1.43. The largest absolute Gasteiger partial charge is 0.497 e. The van der Waals surface area contributed by atoms with Crippen molar-refractivity contribution in [2.24, 2.45) is 0 Å². The van der Waals surface area contributed by atoms with Gasteiger partial charge in [-0.15, -0.1) is 11.8 Å². The first kappa shape index (κ1) is 36.1. The highest BCUT2D eigenvalue weighted by atomic mass is 32.2. The Bertz CT molecular complexity index is 2020. The summed E-state index contributed by atoms with van der Waals surface area (Å²) in [5.41, 5.74) is 2.56. The molecule has 0 saturated carbocycles. The summed E-state index contributed by atoms with van der Waals surface area (Å²) in [6.45, 7) is 0. The summed E-state index contributed by atoms with van der Waals surface area (Å²) in [6, 6.07) is 35.5. The van der Waals surface area contributed by atoms with Crippen molar-refractivity contribution in [3.05, 3.63) is 144 Å². The number of hydrogen-bond acceptors (Lipinski definition) is 8. The van der Waals surface area contributed by atoms with Crippen molar-refractivity contribution in [1.29, 1.82) is 0 Å². The number of thioether (sulfide) groups is 1. The van der Waals surface area contributed by atoms with E-state index in [2.05, 4.69) is 16.0 Å². The molecule has 1 atom stereocenters. The minimum absolute atomic E-state index is 0.0257. The Morgan fingerprint density at radius 1 is 0.667 bits per heavy atom. The van der Waals surface area contributed by atoms with Crippen LogP contribution in [-0.4, -0.2) is 46.2 Å². The van der Waals surface area contributed by atoms with Crippen LogP contribution >= 0.6 is 11.8 Å². The van der Waals surface area contributed by atoms with Gasteiger partial charge in [0.05, 0.1) is 34.1 Å². The fraction of sp³-hybridized carbons (Fsp3) is 0.125. The van der Waals surface area contributed by atoms with Crippen molar-refractivity contribution in [3.8, 4) is 23.0 Å². The molecule has 0 bridgehead atoms. The number of carbonyl (C=O) groups is 3. The number of amides is 3. The minimum atomic E-state index is -0.672. The normalized spacial score (nSPS) is 11.5. The van der Waals surface area contributed by atoms with Crippen LogP contribution < -0.4 is 34.9 Å². The molecule has 0 heterocycles. The summed E-state index contributed by atoms with van der Waals surface area (Å²) in [4.78, 5) is 41.6. The zero-order chi connectivity index (χ0) is 36.2. The molecular weight excluding hydrogens is 667 g/mol. The Labute approximate surface area is 300 Å². The van der Waals surface area contributed by atoms with Crippen LogP contribution in [-0.2, 0) is 9.59 Å². The predicted octanol–water partition coefficient (Wildman–Crippen LogP) is 7.60. The van der Waals surface area contributed by atoms with Gasteiger partial charge in [-0.25, -0.2) is 0 Å². The van der Waals surface area contributed by atoms with Crippen LogP contribution in [0.15, 0.2) is 132 Å². The molecule has 0 spiro atoms. The summed E-state index contributed by atoms with van der Waals surface area (Å²) >= 11 is 1.31. The first-order valence-electron chi connectivity index (χ1n) is 15.8. The first-order chi connectivity index (χ1) is 24.8. The van der Waals surface area contributed by atoms with Gasteiger partial charge in [0.1, 0.15) is 22.4 Å². The van der Waals surface area contributed by atoms with E-state index in [1.807, 2.05) is 36.4 Å². The van der Waals surface area contributed by atoms with E-state index in [9.17, 15) is 14.4 Å². The number of methoxy groups -OCH3 is 4. The van der Waals surface area contributed by atoms with E-state index in [0.29, 0.717) is 50.4 Å². The summed E-state index contributed by atoms with van der Waals surface area (Å²) < 4.78 is 21.8. The van der Waals surface area contributed by atoms with Gasteiger partial charge in [0.25, 0.3) is 11.8 Å². The maximum Gasteiger partial charge on any atom is 0.272 e. The Morgan fingerprint density at radius 2 is 1.37 bits per heavy atom. The standard InChI is InChI=1S/C40H37N3O7S/c1-47-30-21-22-34(48-2)32(25-30)42-40(46)37(26-13-7-5-8-14-26)51-31-19-12-18-29(24-31)41-39(45)33(43-38(44)27-15-9-6-10-16-27)23-28-17-11-20-35(49-3)36(28)50-4/h5-25,37H,1-4H3,(H,41,45)(H,42,46)(H,43,44)/b33-23+. The molecule has 0 saturated heterocycles. The van der Waals surface area contributed by atoms with Gasteiger partial charge in [0.2, 0.25) is 5.91 Å². The van der Waals surface area contributed by atoms with Crippen molar-refractivity contribution < 1.29 is 33.3 Å². The quantitative estimate of drug-likeness (QED) is 0.0798. The molecule has 5 aromatic carbocycles. The van der Waals surface area contributed by atoms with Gasteiger partial charge < -0.3 is 34.9 Å². The zero-order valence-corrected chi connectivity index (χ0v) is 29.3. The third-order valence-electron chi connectivity index (χ3n) is 7.61. The second-order valence-corrected chi connectivity index (χ2v) is 12.1. The van der Waals surface area contributed by atoms with Crippen LogP contribution in [0.25, 0.3) is 6.08 Å². The Hall–Kier alpha value is -6.20. The van der Waals surface area contributed by atoms with Crippen LogP contribution in [0, 0.1) is 0 Å². The molecule has 5 rings (SSSR count). The average Bonchev–Trinajstić information content (AvgIpc) is 3.17. The van der Waals surface area contributed by atoms with Crippen molar-refractivity contribution in [2.75, 3.05) is 39.1 Å². The van der Waals surface area contributed by atoms with E-state index < -0.39 is 17.1 Å². The number of carbonyl (C=O) groups excluding carboxylic acids is 3. The molecule has 260 valence electrons. The lowest BCUT2D eigenvalue weighted by Crippen LogP contribution is -2.30. The summed E-state index contributed by atoms with van der Waals surface area (Å²) in [7, 11) is 6.09. The number of para-hydroxylation sites is 1. The Morgan fingerprint density at radius 3 is 2.06 bits per heavy atom. The van der Waals surface area contributed by atoms with Gasteiger partial charge in [-0.05, 0) is 60.2 Å². The van der Waals surface area contributed by atoms with Crippen molar-refractivity contribution in [3.63, 3.8) is 0 Å². The molecule has 0 radical (unpaired) electrons. The SMILES string of the molecule is COc1ccc(OC)c(NC(=O)C(Sc2cccc(NC(=O)/C(=C\c3cccc(OC)c3OC)NC(=O)c3ccccc3)c2)c2ccccc2)c1. The predicted molar refractivity (Wildman–Crippen MR) is 200 cm³/mol. The third kappa shape index (κ3) is 9.28. The topological polar surface area (TPSA) is 124 Å². The lowest BCUT2D eigenvalue weighted by atomic mass is 10.1. The van der Waals surface area contributed by atoms with E-state index in [1.54, 1.807) is 92.0 Å². The molecular formula is C40H37N3O7S. The lowest BCUT2D eigenvalue weighted by Gasteiger charge is -2.19. The fourth-order valence-corrected chi connectivity index (χ4v) is 6.20. The molecule has 0 aliphatic heterocycles. The lowest BCUT2D eigenvalue weighted by molar-refractivity contribution is -0.116. The van der Waals surface area contributed by atoms with Crippen LogP contribution in [0.5, 0.6) is 23.0 Å². The van der Waals surface area contributed by atoms with Crippen LogP contribution in [0.1, 0.15) is 26.7 Å². The van der Waals surface area contributed by atoms with E-state index in [0.717, 1.165) is 5.56 Å². The Kier molecular flexibility index (Phi) is 12.4. The van der Waals surface area contributed by atoms with E-state index in [-0.39, 0.29) is 11.6 Å². The molecule has 10 nitrogen and oxygen atoms in total. The number of anilines is 2. The highest BCUT2D eigenvalue weighted by molar-refractivity contribution is 8.00. The van der Waals surface area contributed by atoms with Gasteiger partial charge in [-0.1, -0.05) is 66.7 Å². The molecule has 0 aliphatic carbocycles. The van der Waals surface area contributed by atoms with Gasteiger partial charge in [0, 0.05) is 27.8 Å². The maximum absolute atomic E-state index is 13.9. The summed E-state index contributed by atoms with van der Waals surface area (Å²) in [5.74, 6) is 0.591. The molecule has 0 aliphatic rings. The molecule has 3 N–H and O–H groups in total. The fourth-order valence-electron chi connectivity index (χ4n) is 5.12. The zero-order valence-electron chi connectivity index (χ0n) is 28.5. The van der Waals surface area contributed by atoms with E-state index >= 15 is 0 Å². The number of ether oxygens (including phenoxy) is 4. The molecule has 0 fully saturated rings. The molecule has 11 heteroatoms. The summed E-state index contributed by atoms with van der Waals surface area (Å²) in [6.07, 6.45) is 1.53. The van der Waals surface area contributed by atoms with E-state index in [4.69, 9.17) is 18.9 Å². The number of rotatable bonds is 14. The number of hydrogen-bond donors (Lipinski definition) is 3. The molecule has 0 aromatic heterocycles. The molecule has 51 heavy (non-hydrogen) atoms. The van der Waals surface area contributed by atoms with Gasteiger partial charge in [-0.2, -0.15) is 0 Å². The van der Waals surface area contributed by atoms with Gasteiger partial charge >= 0.3 is 0 Å². The molecule has 5 aromatic rings. The van der Waals surface area contributed by atoms with Gasteiger partial charge in [0.15, 0.2) is 11.5 Å². The van der Waals surface area contributed by atoms with Crippen molar-refractivity contribution in [1.82, 2.24) is 5.32 Å². The van der Waals surface area contributed by atoms with Crippen LogP contribution in [0.3, 0.4) is 0 Å². The second-order valence-electron chi connectivity index (χ2n) is 10.9. The highest BCUT2D eigenvalue weighted by Crippen LogP contribution is 2.39. The highest BCUT2D eigenvalue weighted by Gasteiger charge is 2.24. The van der Waals surface area contributed by atoms with Crippen molar-refractivity contribution >= 4 is 46.9 Å². The number of nitrogens with one attached hydrogen (secondary N) is 3. The monoisotopic (exact) mass is 703 g/mol. The van der Waals surface area contributed by atoms with Crippen molar-refractivity contribution in [2.45, 2.75) is 10.1 Å². The third-order valence-corrected chi connectivity index (χ3v) is 8.86. The number of benzene rings is 5. The molecule has 3 amide bonds. The maximum atomic E-state index is 13.9. The van der Waals surface area contributed by atoms with Crippen LogP contribution in [0.2, 0.25) is 0 Å². The second kappa shape index (κ2) is 17.5. The molecule has 1 unspecified atom stereocenters. The average molecular weight is 704 g/mol. The first-order valence-corrected chi connectivity index (χ1v) is 16.7. The smallest absolute Gasteiger partial charge is 0.272 e. The van der Waals surface area contributed by atoms with Gasteiger partial charge in [-0.3, -0.25) is 14.4 Å². The van der Waals surface area contributed by atoms with Crippen LogP contribution in [0.4, 0.5) is 11.4 Å². The van der Waals surface area contributed by atoms with E-state index in [1.165, 1.54) is 39.2 Å². The minimum Gasteiger partial charge on any atom is -0.497 e. The summed E-state index contributed by atoms with van der Waals surface area (Å²) in [5, 5.41) is 7.96.